The summed E-state index contributed by atoms with van der Waals surface area (Å²) in [6, 6.07) is 6.15. The molecular weight excluding hydrogens is 420 g/mol. The Morgan fingerprint density at radius 3 is 2.44 bits per heavy atom. The fourth-order valence-corrected chi connectivity index (χ4v) is 3.43. The molecule has 0 radical (unpaired) electrons. The zero-order valence-electron chi connectivity index (χ0n) is 14.1. The van der Waals surface area contributed by atoms with E-state index in [-0.39, 0.29) is 5.92 Å². The summed E-state index contributed by atoms with van der Waals surface area (Å²) in [6.45, 7) is 0.881. The molecule has 1 heterocycles. The Morgan fingerprint density at radius 1 is 1.19 bits per heavy atom. The van der Waals surface area contributed by atoms with Crippen LogP contribution >= 0.6 is 35.4 Å². The summed E-state index contributed by atoms with van der Waals surface area (Å²) in [5.74, 6) is 0.192. The van der Waals surface area contributed by atoms with E-state index in [4.69, 9.17) is 35.4 Å². The average Bonchev–Trinajstić information content (AvgIpc) is 3.29. The van der Waals surface area contributed by atoms with Gasteiger partial charge in [-0.1, -0.05) is 23.2 Å². The lowest BCUT2D eigenvalue weighted by Crippen LogP contribution is -2.30. The molecule has 1 saturated carbocycles. The number of rotatable bonds is 6. The van der Waals surface area contributed by atoms with Crippen molar-refractivity contribution >= 4 is 46.2 Å². The number of anilines is 1. The van der Waals surface area contributed by atoms with E-state index in [1.165, 1.54) is 10.7 Å². The third kappa shape index (κ3) is 5.73. The first kappa shape index (κ1) is 20.2. The number of alkyl halides is 3. The van der Waals surface area contributed by atoms with E-state index < -0.39 is 11.9 Å². The van der Waals surface area contributed by atoms with Crippen molar-refractivity contribution in [2.75, 3.05) is 11.9 Å². The van der Waals surface area contributed by atoms with Crippen LogP contribution in [0.4, 0.5) is 18.9 Å². The predicted molar refractivity (Wildman–Crippen MR) is 105 cm³/mol. The number of aryl methyl sites for hydroxylation is 1. The van der Waals surface area contributed by atoms with Crippen LogP contribution in [0.25, 0.3) is 0 Å². The molecule has 4 nitrogen and oxygen atoms in total. The van der Waals surface area contributed by atoms with Crippen LogP contribution in [-0.4, -0.2) is 21.4 Å². The predicted octanol–water partition coefficient (Wildman–Crippen LogP) is 5.46. The van der Waals surface area contributed by atoms with Crippen molar-refractivity contribution in [3.63, 3.8) is 0 Å². The molecule has 1 aromatic carbocycles. The topological polar surface area (TPSA) is 41.9 Å². The van der Waals surface area contributed by atoms with Crippen LogP contribution in [0.3, 0.4) is 0 Å². The van der Waals surface area contributed by atoms with E-state index in [0.29, 0.717) is 46.0 Å². The lowest BCUT2D eigenvalue weighted by molar-refractivity contribution is -0.141. The van der Waals surface area contributed by atoms with Gasteiger partial charge in [-0.3, -0.25) is 4.68 Å². The number of nitrogens with zero attached hydrogens (tertiary/aromatic N) is 2. The van der Waals surface area contributed by atoms with Gasteiger partial charge in [0, 0.05) is 40.4 Å². The molecule has 1 fully saturated rings. The Hall–Kier alpha value is -1.51. The average molecular weight is 437 g/mol. The first-order valence-corrected chi connectivity index (χ1v) is 9.54. The first-order chi connectivity index (χ1) is 12.7. The molecule has 0 saturated heterocycles. The molecule has 1 aromatic heterocycles. The van der Waals surface area contributed by atoms with E-state index in [9.17, 15) is 13.2 Å². The summed E-state index contributed by atoms with van der Waals surface area (Å²) in [5.41, 5.74) is 0.492. The number of hydrogen-bond acceptors (Lipinski definition) is 2. The number of benzene rings is 1. The Morgan fingerprint density at radius 2 is 1.85 bits per heavy atom. The molecule has 27 heavy (non-hydrogen) atoms. The van der Waals surface area contributed by atoms with Crippen LogP contribution in [0.15, 0.2) is 24.3 Å². The summed E-state index contributed by atoms with van der Waals surface area (Å²) in [6.07, 6.45) is -2.01. The smallest absolute Gasteiger partial charge is 0.362 e. The highest BCUT2D eigenvalue weighted by Crippen LogP contribution is 2.42. The summed E-state index contributed by atoms with van der Waals surface area (Å²) in [5, 5.41) is 11.1. The van der Waals surface area contributed by atoms with Crippen molar-refractivity contribution in [3.05, 3.63) is 45.7 Å². The summed E-state index contributed by atoms with van der Waals surface area (Å²) in [4.78, 5) is 0. The molecule has 146 valence electrons. The second-order valence-electron chi connectivity index (χ2n) is 6.34. The minimum absolute atomic E-state index is 0.192. The van der Waals surface area contributed by atoms with Gasteiger partial charge < -0.3 is 10.6 Å². The lowest BCUT2D eigenvalue weighted by Gasteiger charge is -2.12. The van der Waals surface area contributed by atoms with Gasteiger partial charge in [-0.05, 0) is 55.7 Å². The molecule has 1 aliphatic carbocycles. The third-order valence-electron chi connectivity index (χ3n) is 4.05. The molecule has 2 N–H and O–H groups in total. The zero-order valence-corrected chi connectivity index (χ0v) is 16.4. The normalized spacial score (nSPS) is 14.3. The molecule has 0 spiro atoms. The zero-order chi connectivity index (χ0) is 19.6. The first-order valence-electron chi connectivity index (χ1n) is 8.38. The van der Waals surface area contributed by atoms with Crippen LogP contribution in [0.5, 0.6) is 0 Å². The number of aromatic nitrogens is 2. The van der Waals surface area contributed by atoms with E-state index in [1.807, 2.05) is 0 Å². The fraction of sp³-hybridized carbons (Fsp3) is 0.412. The molecule has 0 amide bonds. The minimum atomic E-state index is -4.42. The number of hydrogen-bond donors (Lipinski definition) is 2. The van der Waals surface area contributed by atoms with Gasteiger partial charge >= 0.3 is 6.18 Å². The standard InChI is InChI=1S/C17H17Cl2F3N4S/c18-11-6-12(19)8-13(7-11)24-16(27)23-4-1-5-26-14(10-2-3-10)9-15(25-26)17(20,21)22/h6-10H,1-5H2,(H2,23,24,27). The number of halogens is 5. The lowest BCUT2D eigenvalue weighted by atomic mass is 10.2. The number of thiocarbonyl (C=S) groups is 1. The van der Waals surface area contributed by atoms with Crippen LogP contribution in [0.1, 0.15) is 36.6 Å². The van der Waals surface area contributed by atoms with E-state index >= 15 is 0 Å². The van der Waals surface area contributed by atoms with Crippen molar-refractivity contribution in [3.8, 4) is 0 Å². The summed E-state index contributed by atoms with van der Waals surface area (Å²) < 4.78 is 40.1. The maximum Gasteiger partial charge on any atom is 0.435 e. The maximum atomic E-state index is 12.9. The maximum absolute atomic E-state index is 12.9. The molecule has 0 aliphatic heterocycles. The summed E-state index contributed by atoms with van der Waals surface area (Å²) in [7, 11) is 0. The Balaban J connectivity index is 1.50. The second kappa shape index (κ2) is 8.24. The molecule has 10 heteroatoms. The fourth-order valence-electron chi connectivity index (χ4n) is 2.69. The van der Waals surface area contributed by atoms with Gasteiger partial charge in [0.05, 0.1) is 0 Å². The van der Waals surface area contributed by atoms with Gasteiger partial charge in [-0.25, -0.2) is 0 Å². The molecule has 0 bridgehead atoms. The van der Waals surface area contributed by atoms with Crippen LogP contribution in [-0.2, 0) is 12.7 Å². The monoisotopic (exact) mass is 436 g/mol. The summed E-state index contributed by atoms with van der Waals surface area (Å²) >= 11 is 17.1. The quantitative estimate of drug-likeness (QED) is 0.465. The van der Waals surface area contributed by atoms with Gasteiger partial charge in [0.25, 0.3) is 0 Å². The van der Waals surface area contributed by atoms with E-state index in [2.05, 4.69) is 15.7 Å². The largest absolute Gasteiger partial charge is 0.435 e. The van der Waals surface area contributed by atoms with Gasteiger partial charge in [0.1, 0.15) is 0 Å². The second-order valence-corrected chi connectivity index (χ2v) is 7.62. The third-order valence-corrected chi connectivity index (χ3v) is 4.73. The van der Waals surface area contributed by atoms with E-state index in [0.717, 1.165) is 12.8 Å². The molecule has 0 atom stereocenters. The van der Waals surface area contributed by atoms with E-state index in [1.54, 1.807) is 18.2 Å². The molecule has 1 aliphatic rings. The molecule has 2 aromatic rings. The highest BCUT2D eigenvalue weighted by atomic mass is 35.5. The van der Waals surface area contributed by atoms with Crippen molar-refractivity contribution in [2.45, 2.75) is 37.9 Å². The van der Waals surface area contributed by atoms with Crippen LogP contribution < -0.4 is 10.6 Å². The van der Waals surface area contributed by atoms with Crippen LogP contribution in [0, 0.1) is 0 Å². The van der Waals surface area contributed by atoms with Crippen molar-refractivity contribution < 1.29 is 13.2 Å². The van der Waals surface area contributed by atoms with Crippen molar-refractivity contribution in [1.82, 2.24) is 15.1 Å². The highest BCUT2D eigenvalue weighted by Gasteiger charge is 2.37. The van der Waals surface area contributed by atoms with Gasteiger partial charge in [-0.2, -0.15) is 18.3 Å². The molecular formula is C17H17Cl2F3N4S. The van der Waals surface area contributed by atoms with Crippen molar-refractivity contribution in [1.29, 1.82) is 0 Å². The molecule has 3 rings (SSSR count). The van der Waals surface area contributed by atoms with Gasteiger partial charge in [-0.15, -0.1) is 0 Å². The van der Waals surface area contributed by atoms with Gasteiger partial charge in [0.2, 0.25) is 0 Å². The highest BCUT2D eigenvalue weighted by molar-refractivity contribution is 7.80. The number of nitrogens with one attached hydrogen (secondary N) is 2. The minimum Gasteiger partial charge on any atom is -0.362 e. The Bertz CT molecular complexity index is 814. The SMILES string of the molecule is FC(F)(F)c1cc(C2CC2)n(CCCNC(=S)Nc2cc(Cl)cc(Cl)c2)n1. The van der Waals surface area contributed by atoms with Crippen molar-refractivity contribution in [2.24, 2.45) is 0 Å². The van der Waals surface area contributed by atoms with Gasteiger partial charge in [0.15, 0.2) is 10.8 Å². The molecule has 0 unspecified atom stereocenters. The van der Waals surface area contributed by atoms with Crippen LogP contribution in [0.2, 0.25) is 10.0 Å². The Labute approximate surface area is 170 Å². The Kier molecular flexibility index (Phi) is 6.18.